The maximum Gasteiger partial charge on any atom is 0.186 e. The van der Waals surface area contributed by atoms with Crippen LogP contribution in [0, 0.1) is 0 Å². The molecule has 0 aromatic heterocycles. The van der Waals surface area contributed by atoms with Crippen molar-refractivity contribution in [2.75, 3.05) is 6.61 Å². The zero-order valence-electron chi connectivity index (χ0n) is 9.48. The second-order valence-electron chi connectivity index (χ2n) is 4.05. The Morgan fingerprint density at radius 2 is 1.81 bits per heavy atom. The highest BCUT2D eigenvalue weighted by atomic mass is 16.7. The Labute approximate surface area is 94.4 Å². The van der Waals surface area contributed by atoms with Gasteiger partial charge in [0.05, 0.1) is 12.7 Å². The molecule has 1 saturated heterocycles. The van der Waals surface area contributed by atoms with Gasteiger partial charge in [0.1, 0.15) is 24.4 Å². The van der Waals surface area contributed by atoms with Gasteiger partial charge in [-0.3, -0.25) is 0 Å². The van der Waals surface area contributed by atoms with Crippen LogP contribution in [-0.2, 0) is 9.47 Å². The summed E-state index contributed by atoms with van der Waals surface area (Å²) in [5, 5.41) is 37.6. The summed E-state index contributed by atoms with van der Waals surface area (Å²) in [7, 11) is 0. The molecule has 6 atom stereocenters. The second-order valence-corrected chi connectivity index (χ2v) is 4.05. The highest BCUT2D eigenvalue weighted by Crippen LogP contribution is 2.23. The van der Waals surface area contributed by atoms with E-state index in [1.807, 2.05) is 6.92 Å². The van der Waals surface area contributed by atoms with Crippen LogP contribution in [0.3, 0.4) is 0 Å². The van der Waals surface area contributed by atoms with E-state index >= 15 is 0 Å². The quantitative estimate of drug-likeness (QED) is 0.479. The Morgan fingerprint density at radius 3 is 2.31 bits per heavy atom. The largest absolute Gasteiger partial charge is 0.394 e. The van der Waals surface area contributed by atoms with Crippen molar-refractivity contribution in [3.63, 3.8) is 0 Å². The molecule has 0 aliphatic carbocycles. The van der Waals surface area contributed by atoms with Crippen LogP contribution in [0.1, 0.15) is 20.3 Å². The third-order valence-corrected chi connectivity index (χ3v) is 2.79. The second kappa shape index (κ2) is 5.90. The Bertz CT molecular complexity index is 209. The average Bonchev–Trinajstić information content (AvgIpc) is 2.29. The molecule has 1 rings (SSSR count). The Balaban J connectivity index is 2.63. The van der Waals surface area contributed by atoms with Gasteiger partial charge in [-0.05, 0) is 13.3 Å². The van der Waals surface area contributed by atoms with Crippen LogP contribution in [0.25, 0.3) is 0 Å². The molecule has 6 heteroatoms. The molecule has 1 fully saturated rings. The maximum absolute atomic E-state index is 9.62. The predicted octanol–water partition coefficient (Wildman–Crippen LogP) is -1.40. The molecule has 5 unspecified atom stereocenters. The lowest BCUT2D eigenvalue weighted by Gasteiger charge is -2.40. The van der Waals surface area contributed by atoms with Crippen LogP contribution in [0.2, 0.25) is 0 Å². The first-order chi connectivity index (χ1) is 7.51. The van der Waals surface area contributed by atoms with Crippen LogP contribution in [0.4, 0.5) is 0 Å². The van der Waals surface area contributed by atoms with E-state index in [4.69, 9.17) is 14.6 Å². The molecule has 1 aliphatic heterocycles. The van der Waals surface area contributed by atoms with Gasteiger partial charge in [0.15, 0.2) is 6.29 Å². The summed E-state index contributed by atoms with van der Waals surface area (Å²) >= 11 is 0. The summed E-state index contributed by atoms with van der Waals surface area (Å²) in [5.74, 6) is 0. The molecule has 0 radical (unpaired) electrons. The molecule has 0 aromatic rings. The summed E-state index contributed by atoms with van der Waals surface area (Å²) < 4.78 is 10.5. The van der Waals surface area contributed by atoms with Gasteiger partial charge in [0.25, 0.3) is 0 Å². The lowest BCUT2D eigenvalue weighted by Crippen LogP contribution is -2.59. The molecule has 1 heterocycles. The molecule has 96 valence electrons. The molecule has 0 saturated carbocycles. The molecule has 1 aliphatic rings. The van der Waals surface area contributed by atoms with Gasteiger partial charge in [-0.25, -0.2) is 0 Å². The van der Waals surface area contributed by atoms with Gasteiger partial charge < -0.3 is 29.9 Å². The molecule has 0 amide bonds. The number of hydrogen-bond acceptors (Lipinski definition) is 6. The van der Waals surface area contributed by atoms with Crippen molar-refractivity contribution in [3.8, 4) is 0 Å². The van der Waals surface area contributed by atoms with Crippen LogP contribution < -0.4 is 0 Å². The zero-order chi connectivity index (χ0) is 12.3. The van der Waals surface area contributed by atoms with Gasteiger partial charge in [-0.1, -0.05) is 6.92 Å². The van der Waals surface area contributed by atoms with Crippen molar-refractivity contribution in [1.29, 1.82) is 0 Å². The minimum Gasteiger partial charge on any atom is -0.394 e. The summed E-state index contributed by atoms with van der Waals surface area (Å²) in [5.41, 5.74) is 0. The monoisotopic (exact) mass is 236 g/mol. The third-order valence-electron chi connectivity index (χ3n) is 2.79. The summed E-state index contributed by atoms with van der Waals surface area (Å²) in [4.78, 5) is 0. The molecule has 6 nitrogen and oxygen atoms in total. The lowest BCUT2D eigenvalue weighted by molar-refractivity contribution is -0.310. The van der Waals surface area contributed by atoms with E-state index in [-0.39, 0.29) is 6.10 Å². The van der Waals surface area contributed by atoms with E-state index in [0.29, 0.717) is 0 Å². The maximum atomic E-state index is 9.62. The van der Waals surface area contributed by atoms with Crippen molar-refractivity contribution in [2.24, 2.45) is 0 Å². The molecular formula is C10H20O6. The molecule has 0 spiro atoms. The van der Waals surface area contributed by atoms with Gasteiger partial charge >= 0.3 is 0 Å². The summed E-state index contributed by atoms with van der Waals surface area (Å²) in [6.45, 7) is 3.28. The van der Waals surface area contributed by atoms with Crippen molar-refractivity contribution in [1.82, 2.24) is 0 Å². The highest BCUT2D eigenvalue weighted by molar-refractivity contribution is 4.89. The van der Waals surface area contributed by atoms with E-state index < -0.39 is 37.3 Å². The van der Waals surface area contributed by atoms with Crippen LogP contribution in [0.15, 0.2) is 0 Å². The topological polar surface area (TPSA) is 99.4 Å². The lowest BCUT2D eigenvalue weighted by atomic mass is 9.99. The smallest absolute Gasteiger partial charge is 0.186 e. The van der Waals surface area contributed by atoms with Crippen molar-refractivity contribution in [2.45, 2.75) is 57.1 Å². The molecule has 0 aromatic carbocycles. The standard InChI is InChI=1S/C10H20O6/c1-3-5(2)15-10-9(14)8(13)7(12)6(4-11)16-10/h5-14H,3-4H2,1-2H3/t5?,6?,7?,8?,9-,10?/m0/s1. The van der Waals surface area contributed by atoms with E-state index in [0.717, 1.165) is 6.42 Å². The number of hydrogen-bond donors (Lipinski definition) is 4. The third kappa shape index (κ3) is 2.91. The number of aliphatic hydroxyl groups excluding tert-OH is 4. The normalized spacial score (nSPS) is 42.0. The van der Waals surface area contributed by atoms with Crippen molar-refractivity contribution in [3.05, 3.63) is 0 Å². The Hall–Kier alpha value is -0.240. The fraction of sp³-hybridized carbons (Fsp3) is 1.00. The average molecular weight is 236 g/mol. The van der Waals surface area contributed by atoms with Crippen molar-refractivity contribution >= 4 is 0 Å². The Kier molecular flexibility index (Phi) is 5.10. The molecule has 16 heavy (non-hydrogen) atoms. The van der Waals surface area contributed by atoms with Gasteiger partial charge in [-0.2, -0.15) is 0 Å². The first-order valence-electron chi connectivity index (χ1n) is 5.47. The van der Waals surface area contributed by atoms with Gasteiger partial charge in [0, 0.05) is 0 Å². The number of aliphatic hydroxyl groups is 4. The number of ether oxygens (including phenoxy) is 2. The first kappa shape index (κ1) is 13.8. The van der Waals surface area contributed by atoms with Crippen molar-refractivity contribution < 1.29 is 29.9 Å². The SMILES string of the molecule is CCC(C)OC1OC(CO)C(O)C(O)[C@@H]1O. The van der Waals surface area contributed by atoms with Gasteiger partial charge in [0.2, 0.25) is 0 Å². The minimum atomic E-state index is -1.38. The van der Waals surface area contributed by atoms with E-state index in [1.165, 1.54) is 0 Å². The number of rotatable bonds is 4. The summed E-state index contributed by atoms with van der Waals surface area (Å²) in [6, 6.07) is 0. The molecule has 4 N–H and O–H groups in total. The van der Waals surface area contributed by atoms with Crippen LogP contribution >= 0.6 is 0 Å². The zero-order valence-corrected chi connectivity index (χ0v) is 9.48. The summed E-state index contributed by atoms with van der Waals surface area (Å²) in [6.07, 6.45) is -5.36. The van der Waals surface area contributed by atoms with E-state index in [2.05, 4.69) is 0 Å². The molecule has 0 bridgehead atoms. The minimum absolute atomic E-state index is 0.138. The first-order valence-corrected chi connectivity index (χ1v) is 5.47. The van der Waals surface area contributed by atoms with Crippen LogP contribution in [-0.4, -0.2) is 63.8 Å². The Morgan fingerprint density at radius 1 is 1.19 bits per heavy atom. The van der Waals surface area contributed by atoms with E-state index in [9.17, 15) is 15.3 Å². The fourth-order valence-corrected chi connectivity index (χ4v) is 1.50. The predicted molar refractivity (Wildman–Crippen MR) is 54.6 cm³/mol. The van der Waals surface area contributed by atoms with E-state index in [1.54, 1.807) is 6.92 Å². The highest BCUT2D eigenvalue weighted by Gasteiger charge is 2.44. The van der Waals surface area contributed by atoms with Gasteiger partial charge in [-0.15, -0.1) is 0 Å². The van der Waals surface area contributed by atoms with Crippen LogP contribution in [0.5, 0.6) is 0 Å². The fourth-order valence-electron chi connectivity index (χ4n) is 1.50. The molecular weight excluding hydrogens is 216 g/mol.